The van der Waals surface area contributed by atoms with E-state index >= 15 is 0 Å². The number of fused-ring (bicyclic) bond motifs is 5. The van der Waals surface area contributed by atoms with Crippen molar-refractivity contribution in [3.05, 3.63) is 83.6 Å². The average Bonchev–Trinajstić information content (AvgIpc) is 3.63. The fourth-order valence-electron chi connectivity index (χ4n) is 6.68. The van der Waals surface area contributed by atoms with Crippen LogP contribution in [0.3, 0.4) is 0 Å². The van der Waals surface area contributed by atoms with Crippen LogP contribution in [0.5, 0.6) is 11.5 Å². The smallest absolute Gasteiger partial charge is 0.250 e. The molecule has 5 heterocycles. The van der Waals surface area contributed by atoms with Crippen molar-refractivity contribution in [2.45, 2.75) is 18.5 Å². The number of rotatable bonds is 3. The van der Waals surface area contributed by atoms with E-state index in [2.05, 4.69) is 33.4 Å². The van der Waals surface area contributed by atoms with Crippen molar-refractivity contribution in [3.63, 3.8) is 0 Å². The van der Waals surface area contributed by atoms with Gasteiger partial charge in [0.2, 0.25) is 12.7 Å². The third-order valence-electron chi connectivity index (χ3n) is 8.62. The molecule has 2 amide bonds. The van der Waals surface area contributed by atoms with Crippen LogP contribution in [0.1, 0.15) is 22.9 Å². The number of H-pyrrole nitrogens is 1. The molecule has 4 aliphatic rings. The van der Waals surface area contributed by atoms with Gasteiger partial charge in [-0.05, 0) is 53.6 Å². The van der Waals surface area contributed by atoms with E-state index in [4.69, 9.17) is 9.47 Å². The monoisotopic (exact) mass is 535 g/mol. The highest BCUT2D eigenvalue weighted by atomic mass is 16.7. The summed E-state index contributed by atoms with van der Waals surface area (Å²) in [6, 6.07) is 20.9. The largest absolute Gasteiger partial charge is 0.454 e. The highest BCUT2D eigenvalue weighted by Gasteiger charge is 2.48. The molecule has 2 fully saturated rings. The van der Waals surface area contributed by atoms with E-state index in [0.29, 0.717) is 17.9 Å². The number of hydrogen-bond acceptors (Lipinski definition) is 6. The number of carbonyl (C=O) groups excluding carboxylic acids is 2. The van der Waals surface area contributed by atoms with E-state index < -0.39 is 12.1 Å². The van der Waals surface area contributed by atoms with Gasteiger partial charge in [-0.3, -0.25) is 9.59 Å². The SMILES string of the molecule is O=C1[C@H]2Cc3c([nH]c4ccccc34)[C@@H](c3ccc4c(c3)OCO4)N2C(=O)CN1c1ccc(N2CCNCC2)cc1. The van der Waals surface area contributed by atoms with Crippen molar-refractivity contribution in [1.82, 2.24) is 15.2 Å². The molecule has 202 valence electrons. The standard InChI is InChI=1S/C31H29N5O4/c37-28-17-35(21-8-6-20(7-9-21)34-13-11-32-12-14-34)31(38)25-16-23-22-3-1-2-4-24(22)33-29(23)30(36(25)28)19-5-10-26-27(15-19)40-18-39-26/h1-10,15,25,30,32-33H,11-14,16-18H2/t25-,30-/m1/s1. The van der Waals surface area contributed by atoms with Crippen LogP contribution in [-0.2, 0) is 16.0 Å². The summed E-state index contributed by atoms with van der Waals surface area (Å²) in [6.45, 7) is 3.99. The van der Waals surface area contributed by atoms with Crippen LogP contribution in [0.25, 0.3) is 10.9 Å². The van der Waals surface area contributed by atoms with E-state index in [1.54, 1.807) is 9.80 Å². The zero-order valence-electron chi connectivity index (χ0n) is 21.9. The maximum Gasteiger partial charge on any atom is 0.250 e. The van der Waals surface area contributed by atoms with Crippen molar-refractivity contribution >= 4 is 34.1 Å². The summed E-state index contributed by atoms with van der Waals surface area (Å²) >= 11 is 0. The number of carbonyl (C=O) groups is 2. The summed E-state index contributed by atoms with van der Waals surface area (Å²) in [7, 11) is 0. The molecule has 4 aromatic rings. The van der Waals surface area contributed by atoms with Gasteiger partial charge in [0.25, 0.3) is 5.91 Å². The van der Waals surface area contributed by atoms with E-state index in [9.17, 15) is 9.59 Å². The fourth-order valence-corrected chi connectivity index (χ4v) is 6.68. The second-order valence-electron chi connectivity index (χ2n) is 10.8. The Labute approximate surface area is 231 Å². The van der Waals surface area contributed by atoms with Crippen LogP contribution < -0.4 is 24.6 Å². The van der Waals surface area contributed by atoms with Crippen LogP contribution in [0.4, 0.5) is 11.4 Å². The number of aromatic amines is 1. The van der Waals surface area contributed by atoms with Crippen molar-refractivity contribution in [2.24, 2.45) is 0 Å². The van der Waals surface area contributed by atoms with Gasteiger partial charge in [0.05, 0.1) is 6.04 Å². The first kappa shape index (κ1) is 23.4. The van der Waals surface area contributed by atoms with E-state index in [0.717, 1.165) is 65.3 Å². The van der Waals surface area contributed by atoms with Gasteiger partial charge in [0.15, 0.2) is 11.5 Å². The highest BCUT2D eigenvalue weighted by molar-refractivity contribution is 6.08. The molecule has 40 heavy (non-hydrogen) atoms. The second kappa shape index (κ2) is 9.02. The summed E-state index contributed by atoms with van der Waals surface area (Å²) in [4.78, 5) is 37.5. The van der Waals surface area contributed by atoms with Gasteiger partial charge in [-0.1, -0.05) is 24.3 Å². The summed E-state index contributed by atoms with van der Waals surface area (Å²) < 4.78 is 11.2. The van der Waals surface area contributed by atoms with Crippen LogP contribution >= 0.6 is 0 Å². The molecule has 0 bridgehead atoms. The minimum atomic E-state index is -0.615. The predicted molar refractivity (Wildman–Crippen MR) is 151 cm³/mol. The lowest BCUT2D eigenvalue weighted by atomic mass is 9.86. The maximum absolute atomic E-state index is 14.2. The lowest BCUT2D eigenvalue weighted by Gasteiger charge is -2.47. The molecule has 9 nitrogen and oxygen atoms in total. The zero-order chi connectivity index (χ0) is 26.8. The summed E-state index contributed by atoms with van der Waals surface area (Å²) in [5.41, 5.74) is 5.80. The molecular formula is C31H29N5O4. The van der Waals surface area contributed by atoms with Crippen molar-refractivity contribution < 1.29 is 19.1 Å². The molecule has 1 aromatic heterocycles. The van der Waals surface area contributed by atoms with Crippen molar-refractivity contribution in [2.75, 3.05) is 49.3 Å². The topological polar surface area (TPSA) is 90.1 Å². The number of aromatic nitrogens is 1. The third-order valence-corrected chi connectivity index (χ3v) is 8.62. The van der Waals surface area contributed by atoms with E-state index in [1.807, 2.05) is 48.5 Å². The first-order valence-electron chi connectivity index (χ1n) is 13.8. The Bertz CT molecular complexity index is 1640. The average molecular weight is 536 g/mol. The minimum Gasteiger partial charge on any atom is -0.454 e. The molecule has 2 atom stereocenters. The van der Waals surface area contributed by atoms with Gasteiger partial charge in [-0.25, -0.2) is 0 Å². The zero-order valence-corrected chi connectivity index (χ0v) is 21.9. The normalized spacial score (nSPS) is 22.1. The quantitative estimate of drug-likeness (QED) is 0.419. The van der Waals surface area contributed by atoms with Gasteiger partial charge in [0, 0.05) is 60.6 Å². The van der Waals surface area contributed by atoms with Gasteiger partial charge in [-0.2, -0.15) is 0 Å². The first-order chi connectivity index (χ1) is 19.7. The maximum atomic E-state index is 14.2. The first-order valence-corrected chi connectivity index (χ1v) is 13.8. The van der Waals surface area contributed by atoms with E-state index in [1.165, 1.54) is 0 Å². The molecule has 2 saturated heterocycles. The van der Waals surface area contributed by atoms with Gasteiger partial charge in [0.1, 0.15) is 12.6 Å². The van der Waals surface area contributed by atoms with Gasteiger partial charge < -0.3 is 34.5 Å². The molecule has 3 aromatic carbocycles. The molecule has 0 unspecified atom stereocenters. The minimum absolute atomic E-state index is 0.00106. The fraction of sp³-hybridized carbons (Fsp3) is 0.290. The van der Waals surface area contributed by atoms with Crippen molar-refractivity contribution in [1.29, 1.82) is 0 Å². The lowest BCUT2D eigenvalue weighted by Crippen LogP contribution is -2.63. The Morgan fingerprint density at radius 3 is 2.48 bits per heavy atom. The summed E-state index contributed by atoms with van der Waals surface area (Å²) in [5.74, 6) is 1.20. The molecule has 0 saturated carbocycles. The number of nitrogens with zero attached hydrogens (tertiary/aromatic N) is 3. The molecule has 0 radical (unpaired) electrons. The molecule has 0 spiro atoms. The molecule has 0 aliphatic carbocycles. The van der Waals surface area contributed by atoms with Crippen LogP contribution in [0.2, 0.25) is 0 Å². The number of benzene rings is 3. The van der Waals surface area contributed by atoms with Gasteiger partial charge >= 0.3 is 0 Å². The number of piperazine rings is 2. The number of hydrogen-bond donors (Lipinski definition) is 2. The Balaban J connectivity index is 1.19. The predicted octanol–water partition coefficient (Wildman–Crippen LogP) is 3.20. The van der Waals surface area contributed by atoms with Crippen LogP contribution in [0, 0.1) is 0 Å². The molecular weight excluding hydrogens is 506 g/mol. The third kappa shape index (κ3) is 3.57. The van der Waals surface area contributed by atoms with E-state index in [-0.39, 0.29) is 25.2 Å². The Kier molecular flexibility index (Phi) is 5.28. The highest BCUT2D eigenvalue weighted by Crippen LogP contribution is 2.45. The summed E-state index contributed by atoms with van der Waals surface area (Å²) in [6.07, 6.45) is 0.459. The number of nitrogens with one attached hydrogen (secondary N) is 2. The van der Waals surface area contributed by atoms with Crippen LogP contribution in [0.15, 0.2) is 66.7 Å². The Hall–Kier alpha value is -4.50. The van der Waals surface area contributed by atoms with Gasteiger partial charge in [-0.15, -0.1) is 0 Å². The molecule has 4 aliphatic heterocycles. The van der Waals surface area contributed by atoms with Crippen LogP contribution in [-0.4, -0.2) is 67.3 Å². The summed E-state index contributed by atoms with van der Waals surface area (Å²) in [5, 5.41) is 4.46. The number of para-hydroxylation sites is 1. The molecule has 2 N–H and O–H groups in total. The van der Waals surface area contributed by atoms with Crippen molar-refractivity contribution in [3.8, 4) is 11.5 Å². The number of ether oxygens (including phenoxy) is 2. The second-order valence-corrected chi connectivity index (χ2v) is 10.8. The lowest BCUT2D eigenvalue weighted by molar-refractivity contribution is -0.145. The number of anilines is 2. The Morgan fingerprint density at radius 1 is 0.850 bits per heavy atom. The number of amides is 2. The molecule has 8 rings (SSSR count). The molecule has 9 heteroatoms. The Morgan fingerprint density at radius 2 is 1.62 bits per heavy atom.